The van der Waals surface area contributed by atoms with E-state index in [2.05, 4.69) is 11.9 Å². The van der Waals surface area contributed by atoms with Gasteiger partial charge in [0.25, 0.3) is 0 Å². The fraction of sp³-hybridized carbons (Fsp3) is 0.600. The molecule has 8 heavy (non-hydrogen) atoms. The minimum Gasteiger partial charge on any atom is -0.296 e. The van der Waals surface area contributed by atoms with E-state index in [9.17, 15) is 0 Å². The maximum absolute atomic E-state index is 3.63. The number of hydrogen-bond donors (Lipinski definition) is 1. The first-order valence-corrected chi connectivity index (χ1v) is 4.54. The molecule has 1 aliphatic heterocycles. The van der Waals surface area contributed by atoms with E-state index in [1.165, 1.54) is 5.75 Å². The van der Waals surface area contributed by atoms with Gasteiger partial charge in [-0.1, -0.05) is 6.58 Å². The van der Waals surface area contributed by atoms with Gasteiger partial charge in [-0.25, -0.2) is 0 Å². The van der Waals surface area contributed by atoms with E-state index in [1.54, 1.807) is 11.8 Å². The molecule has 0 saturated carbocycles. The number of thioether (sulfide) groups is 2. The molecule has 1 unspecified atom stereocenters. The van der Waals surface area contributed by atoms with Gasteiger partial charge in [0, 0.05) is 12.3 Å². The first kappa shape index (κ1) is 6.52. The first-order valence-electron chi connectivity index (χ1n) is 2.55. The van der Waals surface area contributed by atoms with Gasteiger partial charge in [-0.05, 0) is 5.41 Å². The Hall–Kier alpha value is 0.400. The van der Waals surface area contributed by atoms with Gasteiger partial charge >= 0.3 is 0 Å². The Morgan fingerprint density at radius 2 is 2.75 bits per heavy atom. The van der Waals surface area contributed by atoms with Gasteiger partial charge in [0.2, 0.25) is 0 Å². The van der Waals surface area contributed by atoms with Crippen molar-refractivity contribution in [2.45, 2.75) is 4.71 Å². The van der Waals surface area contributed by atoms with E-state index >= 15 is 0 Å². The second-order valence-electron chi connectivity index (χ2n) is 1.46. The van der Waals surface area contributed by atoms with Crippen LogP contribution in [0.2, 0.25) is 0 Å². The van der Waals surface area contributed by atoms with Crippen LogP contribution in [-0.4, -0.2) is 17.0 Å². The molecule has 1 nitrogen and oxygen atoms in total. The van der Waals surface area contributed by atoms with Gasteiger partial charge in [-0.3, -0.25) is 5.32 Å². The normalized spacial score (nSPS) is 28.2. The van der Waals surface area contributed by atoms with Crippen LogP contribution in [0.15, 0.2) is 12.0 Å². The summed E-state index contributed by atoms with van der Waals surface area (Å²) in [5.41, 5.74) is 0. The summed E-state index contributed by atoms with van der Waals surface area (Å²) in [5, 5.41) is 5.20. The largest absolute Gasteiger partial charge is 0.296 e. The van der Waals surface area contributed by atoms with Gasteiger partial charge in [0.15, 0.2) is 0 Å². The molecular formula is C5H9NS2. The molecule has 46 valence electrons. The highest BCUT2D eigenvalue weighted by molar-refractivity contribution is 8.18. The molecule has 0 aromatic heterocycles. The second kappa shape index (κ2) is 3.43. The summed E-state index contributed by atoms with van der Waals surface area (Å²) < 4.78 is 0.576. The lowest BCUT2D eigenvalue weighted by molar-refractivity contribution is 0.855. The average Bonchev–Trinajstić information content (AvgIpc) is 2.19. The highest BCUT2D eigenvalue weighted by atomic mass is 32.2. The van der Waals surface area contributed by atoms with Gasteiger partial charge in [0.05, 0.1) is 0 Å². The summed E-state index contributed by atoms with van der Waals surface area (Å²) in [6.45, 7) is 4.78. The van der Waals surface area contributed by atoms with E-state index in [0.717, 1.165) is 6.54 Å². The maximum Gasteiger partial charge on any atom is 0.104 e. The van der Waals surface area contributed by atoms with E-state index in [1.807, 2.05) is 17.2 Å². The molecule has 1 fully saturated rings. The minimum atomic E-state index is 0.576. The molecule has 1 rings (SSSR count). The van der Waals surface area contributed by atoms with Gasteiger partial charge in [-0.2, -0.15) is 0 Å². The fourth-order valence-corrected chi connectivity index (χ4v) is 2.49. The minimum absolute atomic E-state index is 0.576. The lowest BCUT2D eigenvalue weighted by Gasteiger charge is -2.01. The van der Waals surface area contributed by atoms with Crippen LogP contribution < -0.4 is 5.32 Å². The number of rotatable bonds is 2. The van der Waals surface area contributed by atoms with Crippen LogP contribution in [0, 0.1) is 0 Å². The van der Waals surface area contributed by atoms with Crippen molar-refractivity contribution in [1.82, 2.24) is 5.32 Å². The Morgan fingerprint density at radius 1 is 1.88 bits per heavy atom. The summed E-state index contributed by atoms with van der Waals surface area (Å²) in [5.74, 6) is 1.24. The van der Waals surface area contributed by atoms with Crippen molar-refractivity contribution >= 4 is 23.5 Å². The molecule has 1 aliphatic rings. The smallest absolute Gasteiger partial charge is 0.104 e. The fourth-order valence-electron chi connectivity index (χ4n) is 0.576. The van der Waals surface area contributed by atoms with Gasteiger partial charge < -0.3 is 0 Å². The first-order chi connectivity index (χ1) is 3.93. The monoisotopic (exact) mass is 147 g/mol. The molecular weight excluding hydrogens is 138 g/mol. The van der Waals surface area contributed by atoms with Crippen molar-refractivity contribution in [2.24, 2.45) is 0 Å². The molecule has 1 atom stereocenters. The summed E-state index contributed by atoms with van der Waals surface area (Å²) >= 11 is 3.70. The Balaban J connectivity index is 2.14. The van der Waals surface area contributed by atoms with Gasteiger partial charge in [0.1, 0.15) is 4.71 Å². The van der Waals surface area contributed by atoms with Crippen LogP contribution in [0.5, 0.6) is 0 Å². The average molecular weight is 147 g/mol. The lowest BCUT2D eigenvalue weighted by Crippen LogP contribution is -2.14. The number of nitrogens with one attached hydrogen (secondary N) is 1. The van der Waals surface area contributed by atoms with Crippen molar-refractivity contribution < 1.29 is 0 Å². The quantitative estimate of drug-likeness (QED) is 0.635. The third-order valence-electron chi connectivity index (χ3n) is 0.902. The molecule has 0 amide bonds. The van der Waals surface area contributed by atoms with Gasteiger partial charge in [-0.15, -0.1) is 23.5 Å². The summed E-state index contributed by atoms with van der Waals surface area (Å²) in [4.78, 5) is 0. The standard InChI is InChI=1S/C5H9NS2/c1-2-7-5-6-3-4-8-5/h2,5-6H,1,3-4H2. The zero-order chi connectivity index (χ0) is 5.82. The third-order valence-corrected chi connectivity index (χ3v) is 3.16. The molecule has 0 aromatic carbocycles. The summed E-state index contributed by atoms with van der Waals surface area (Å²) in [6.07, 6.45) is 0. The van der Waals surface area contributed by atoms with Crippen molar-refractivity contribution in [3.63, 3.8) is 0 Å². The third kappa shape index (κ3) is 1.73. The molecule has 1 N–H and O–H groups in total. The van der Waals surface area contributed by atoms with Crippen LogP contribution in [0.3, 0.4) is 0 Å². The van der Waals surface area contributed by atoms with Crippen molar-refractivity contribution in [3.05, 3.63) is 12.0 Å². The Kier molecular flexibility index (Phi) is 2.80. The van der Waals surface area contributed by atoms with E-state index < -0.39 is 0 Å². The predicted molar refractivity (Wildman–Crippen MR) is 42.0 cm³/mol. The molecule has 0 spiro atoms. The second-order valence-corrected chi connectivity index (χ2v) is 4.05. The zero-order valence-corrected chi connectivity index (χ0v) is 6.23. The van der Waals surface area contributed by atoms with Crippen molar-refractivity contribution in [3.8, 4) is 0 Å². The molecule has 0 aromatic rings. The van der Waals surface area contributed by atoms with E-state index in [4.69, 9.17) is 0 Å². The predicted octanol–water partition coefficient (Wildman–Crippen LogP) is 1.48. The van der Waals surface area contributed by atoms with Crippen LogP contribution in [-0.2, 0) is 0 Å². The highest BCUT2D eigenvalue weighted by Crippen LogP contribution is 2.24. The summed E-state index contributed by atoms with van der Waals surface area (Å²) in [6, 6.07) is 0. The molecule has 0 radical (unpaired) electrons. The van der Waals surface area contributed by atoms with Crippen LogP contribution >= 0.6 is 23.5 Å². The Bertz CT molecular complexity index is 78.5. The molecule has 1 saturated heterocycles. The summed E-state index contributed by atoms with van der Waals surface area (Å²) in [7, 11) is 0. The SMILES string of the molecule is C=CSC1NCCS1. The van der Waals surface area contributed by atoms with Crippen LogP contribution in [0.4, 0.5) is 0 Å². The van der Waals surface area contributed by atoms with Crippen LogP contribution in [0.1, 0.15) is 0 Å². The van der Waals surface area contributed by atoms with Crippen LogP contribution in [0.25, 0.3) is 0 Å². The molecule has 0 bridgehead atoms. The lowest BCUT2D eigenvalue weighted by atomic mass is 10.8. The number of hydrogen-bond acceptors (Lipinski definition) is 3. The molecule has 0 aliphatic carbocycles. The van der Waals surface area contributed by atoms with E-state index in [0.29, 0.717) is 4.71 Å². The topological polar surface area (TPSA) is 12.0 Å². The zero-order valence-electron chi connectivity index (χ0n) is 4.59. The van der Waals surface area contributed by atoms with Crippen molar-refractivity contribution in [1.29, 1.82) is 0 Å². The van der Waals surface area contributed by atoms with Crippen molar-refractivity contribution in [2.75, 3.05) is 12.3 Å². The molecule has 3 heteroatoms. The highest BCUT2D eigenvalue weighted by Gasteiger charge is 2.11. The Labute approximate surface area is 58.3 Å². The van der Waals surface area contributed by atoms with E-state index in [-0.39, 0.29) is 0 Å². The Morgan fingerprint density at radius 3 is 3.25 bits per heavy atom. The molecule has 1 heterocycles. The maximum atomic E-state index is 3.63.